The summed E-state index contributed by atoms with van der Waals surface area (Å²) < 4.78 is 1.41. The lowest BCUT2D eigenvalue weighted by molar-refractivity contribution is -0.122. The molecule has 9 heteroatoms. The van der Waals surface area contributed by atoms with Crippen LogP contribution >= 0.6 is 0 Å². The van der Waals surface area contributed by atoms with E-state index < -0.39 is 11.2 Å². The number of H-pyrrole nitrogens is 1. The quantitative estimate of drug-likeness (QED) is 0.567. The van der Waals surface area contributed by atoms with Crippen LogP contribution in [0.1, 0.15) is 19.3 Å². The largest absolute Gasteiger partial charge is 0.353 e. The van der Waals surface area contributed by atoms with Gasteiger partial charge < -0.3 is 15.5 Å². The number of aryl methyl sites for hydroxylation is 1. The molecule has 2 heterocycles. The van der Waals surface area contributed by atoms with Crippen molar-refractivity contribution < 1.29 is 9.59 Å². The molecule has 1 aliphatic heterocycles. The first kappa shape index (κ1) is 21.4. The number of amides is 3. The average Bonchev–Trinajstić information content (AvgIpc) is 2.80. The van der Waals surface area contributed by atoms with Crippen LogP contribution in [0.25, 0.3) is 10.9 Å². The Bertz CT molecular complexity index is 1230. The van der Waals surface area contributed by atoms with Gasteiger partial charge in [0.2, 0.25) is 5.91 Å². The fourth-order valence-corrected chi connectivity index (χ4v) is 3.93. The van der Waals surface area contributed by atoms with Crippen LogP contribution in [-0.2, 0) is 11.3 Å². The number of nitrogens with one attached hydrogen (secondary N) is 3. The predicted octanol–water partition coefficient (Wildman–Crippen LogP) is 1.89. The molecular weight excluding hydrogens is 410 g/mol. The molecule has 1 aromatic heterocycles. The van der Waals surface area contributed by atoms with Crippen molar-refractivity contribution in [2.45, 2.75) is 31.8 Å². The summed E-state index contributed by atoms with van der Waals surface area (Å²) in [5, 5.41) is 6.27. The van der Waals surface area contributed by atoms with E-state index >= 15 is 0 Å². The van der Waals surface area contributed by atoms with Gasteiger partial charge in [0.15, 0.2) is 0 Å². The lowest BCUT2D eigenvalue weighted by Crippen LogP contribution is -2.47. The molecule has 0 aliphatic carbocycles. The minimum atomic E-state index is -0.528. The number of anilines is 1. The second-order valence-electron chi connectivity index (χ2n) is 7.80. The second kappa shape index (κ2) is 9.51. The minimum Gasteiger partial charge on any atom is -0.353 e. The maximum absolute atomic E-state index is 12.5. The first-order valence-electron chi connectivity index (χ1n) is 10.6. The summed E-state index contributed by atoms with van der Waals surface area (Å²) in [7, 11) is 0. The number of hydrogen-bond donors (Lipinski definition) is 3. The van der Waals surface area contributed by atoms with Gasteiger partial charge in [0, 0.05) is 37.8 Å². The van der Waals surface area contributed by atoms with Gasteiger partial charge in [-0.3, -0.25) is 19.1 Å². The Hall–Kier alpha value is -3.88. The lowest BCUT2D eigenvalue weighted by Gasteiger charge is -2.32. The van der Waals surface area contributed by atoms with Crippen molar-refractivity contribution in [3.63, 3.8) is 0 Å². The number of carbonyl (C=O) groups is 2. The molecule has 2 aromatic carbocycles. The van der Waals surface area contributed by atoms with Crippen LogP contribution in [0.3, 0.4) is 0 Å². The van der Waals surface area contributed by atoms with Crippen molar-refractivity contribution in [1.82, 2.24) is 19.8 Å². The van der Waals surface area contributed by atoms with E-state index in [9.17, 15) is 19.2 Å². The summed E-state index contributed by atoms with van der Waals surface area (Å²) in [5.41, 5.74) is 0.290. The zero-order valence-corrected chi connectivity index (χ0v) is 17.5. The second-order valence-corrected chi connectivity index (χ2v) is 7.80. The fraction of sp³-hybridized carbons (Fsp3) is 0.304. The Morgan fingerprint density at radius 2 is 1.66 bits per heavy atom. The van der Waals surface area contributed by atoms with Gasteiger partial charge >= 0.3 is 11.7 Å². The number of aromatic amines is 1. The van der Waals surface area contributed by atoms with E-state index in [1.807, 2.05) is 30.3 Å². The molecule has 3 N–H and O–H groups in total. The van der Waals surface area contributed by atoms with Crippen LogP contribution in [0.5, 0.6) is 0 Å². The molecule has 1 aliphatic rings. The number of aromatic nitrogens is 2. The normalized spacial score (nSPS) is 14.3. The van der Waals surface area contributed by atoms with E-state index in [4.69, 9.17) is 0 Å². The summed E-state index contributed by atoms with van der Waals surface area (Å²) >= 11 is 0. The standard InChI is InChI=1S/C23H25N5O4/c29-20(12-15-28-19-9-5-4-8-18(19)21(30)26-23(28)32)24-17-10-13-27(14-11-17)22(31)25-16-6-2-1-3-7-16/h1-9,17H,10-15H2,(H,24,29)(H,25,31)(H,26,30,32). The molecule has 1 fully saturated rings. The first-order chi connectivity index (χ1) is 15.5. The summed E-state index contributed by atoms with van der Waals surface area (Å²) in [6, 6.07) is 15.9. The molecule has 3 aromatic rings. The Labute approximate surface area is 184 Å². The van der Waals surface area contributed by atoms with Crippen LogP contribution in [0, 0.1) is 0 Å². The van der Waals surface area contributed by atoms with Gasteiger partial charge in [-0.1, -0.05) is 30.3 Å². The van der Waals surface area contributed by atoms with E-state index in [0.717, 1.165) is 5.69 Å². The van der Waals surface area contributed by atoms with Crippen molar-refractivity contribution in [1.29, 1.82) is 0 Å². The molecular formula is C23H25N5O4. The van der Waals surface area contributed by atoms with Gasteiger partial charge in [0.05, 0.1) is 10.9 Å². The smallest absolute Gasteiger partial charge is 0.328 e. The van der Waals surface area contributed by atoms with Gasteiger partial charge in [-0.25, -0.2) is 9.59 Å². The Balaban J connectivity index is 1.28. The SMILES string of the molecule is O=C(CCn1c(=O)[nH]c(=O)c2ccccc21)NC1CCN(C(=O)Nc2ccccc2)CC1. The molecule has 166 valence electrons. The summed E-state index contributed by atoms with van der Waals surface area (Å²) in [6.45, 7) is 1.27. The highest BCUT2D eigenvalue weighted by atomic mass is 16.2. The molecule has 0 spiro atoms. The number of nitrogens with zero attached hydrogens (tertiary/aromatic N) is 2. The first-order valence-corrected chi connectivity index (χ1v) is 10.6. The molecule has 0 saturated carbocycles. The number of piperidine rings is 1. The molecule has 0 unspecified atom stereocenters. The van der Waals surface area contributed by atoms with E-state index in [2.05, 4.69) is 15.6 Å². The number of urea groups is 1. The van der Waals surface area contributed by atoms with Crippen molar-refractivity contribution in [2.75, 3.05) is 18.4 Å². The third-order valence-corrected chi connectivity index (χ3v) is 5.64. The van der Waals surface area contributed by atoms with E-state index in [1.165, 1.54) is 4.57 Å². The van der Waals surface area contributed by atoms with Crippen LogP contribution in [0.15, 0.2) is 64.2 Å². The monoisotopic (exact) mass is 435 g/mol. The molecule has 0 bridgehead atoms. The number of benzene rings is 2. The third kappa shape index (κ3) is 4.88. The number of hydrogen-bond acceptors (Lipinski definition) is 4. The summed E-state index contributed by atoms with van der Waals surface area (Å²) in [5.74, 6) is -0.167. The number of carbonyl (C=O) groups excluding carboxylic acids is 2. The molecule has 0 radical (unpaired) electrons. The summed E-state index contributed by atoms with van der Waals surface area (Å²) in [4.78, 5) is 53.1. The Kier molecular flexibility index (Phi) is 6.34. The summed E-state index contributed by atoms with van der Waals surface area (Å²) in [6.07, 6.45) is 1.44. The molecule has 3 amide bonds. The maximum atomic E-state index is 12.5. The predicted molar refractivity (Wildman–Crippen MR) is 122 cm³/mol. The minimum absolute atomic E-state index is 0.0210. The molecule has 32 heavy (non-hydrogen) atoms. The van der Waals surface area contributed by atoms with Crippen molar-refractivity contribution in [3.05, 3.63) is 75.4 Å². The topological polar surface area (TPSA) is 116 Å². The molecule has 9 nitrogen and oxygen atoms in total. The Morgan fingerprint density at radius 1 is 0.969 bits per heavy atom. The van der Waals surface area contributed by atoms with Gasteiger partial charge in [-0.2, -0.15) is 0 Å². The number of para-hydroxylation sites is 2. The van der Waals surface area contributed by atoms with E-state index in [0.29, 0.717) is 36.8 Å². The van der Waals surface area contributed by atoms with Gasteiger partial charge in [-0.05, 0) is 37.1 Å². The van der Waals surface area contributed by atoms with Gasteiger partial charge in [0.1, 0.15) is 0 Å². The van der Waals surface area contributed by atoms with Crippen molar-refractivity contribution in [2.24, 2.45) is 0 Å². The number of likely N-dealkylation sites (tertiary alicyclic amines) is 1. The zero-order chi connectivity index (χ0) is 22.5. The highest BCUT2D eigenvalue weighted by Gasteiger charge is 2.24. The number of fused-ring (bicyclic) bond motifs is 1. The average molecular weight is 435 g/mol. The van der Waals surface area contributed by atoms with Crippen LogP contribution in [-0.4, -0.2) is 45.5 Å². The van der Waals surface area contributed by atoms with Crippen molar-refractivity contribution in [3.8, 4) is 0 Å². The van der Waals surface area contributed by atoms with E-state index in [1.54, 1.807) is 29.2 Å². The lowest BCUT2D eigenvalue weighted by atomic mass is 10.1. The third-order valence-electron chi connectivity index (χ3n) is 5.64. The zero-order valence-electron chi connectivity index (χ0n) is 17.5. The Morgan fingerprint density at radius 3 is 2.41 bits per heavy atom. The van der Waals surface area contributed by atoms with Crippen LogP contribution < -0.4 is 21.9 Å². The molecule has 0 atom stereocenters. The van der Waals surface area contributed by atoms with Crippen molar-refractivity contribution >= 4 is 28.5 Å². The fourth-order valence-electron chi connectivity index (χ4n) is 3.93. The molecule has 1 saturated heterocycles. The van der Waals surface area contributed by atoms with E-state index in [-0.39, 0.29) is 30.9 Å². The van der Waals surface area contributed by atoms with Crippen LogP contribution in [0.2, 0.25) is 0 Å². The van der Waals surface area contributed by atoms with Gasteiger partial charge in [0.25, 0.3) is 5.56 Å². The highest BCUT2D eigenvalue weighted by molar-refractivity contribution is 5.89. The number of rotatable bonds is 5. The van der Waals surface area contributed by atoms with Gasteiger partial charge in [-0.15, -0.1) is 0 Å². The maximum Gasteiger partial charge on any atom is 0.328 e. The molecule has 4 rings (SSSR count). The van der Waals surface area contributed by atoms with Crippen LogP contribution in [0.4, 0.5) is 10.5 Å². The highest BCUT2D eigenvalue weighted by Crippen LogP contribution is 2.14.